The van der Waals surface area contributed by atoms with Gasteiger partial charge in [0.15, 0.2) is 5.82 Å². The Morgan fingerprint density at radius 1 is 1.19 bits per heavy atom. The van der Waals surface area contributed by atoms with Crippen molar-refractivity contribution in [1.29, 1.82) is 0 Å². The van der Waals surface area contributed by atoms with E-state index in [1.165, 1.54) is 0 Å². The molecule has 2 heterocycles. The molecule has 27 heavy (non-hydrogen) atoms. The molecule has 2 atom stereocenters. The summed E-state index contributed by atoms with van der Waals surface area (Å²) in [6.07, 6.45) is 2.96. The molecule has 1 aliphatic heterocycles. The zero-order valence-corrected chi connectivity index (χ0v) is 16.3. The molecule has 7 nitrogen and oxygen atoms in total. The van der Waals surface area contributed by atoms with Crippen LogP contribution in [0.25, 0.3) is 0 Å². The Hall–Kier alpha value is -2.41. The number of hydrogen-bond donors (Lipinski definition) is 1. The lowest BCUT2D eigenvalue weighted by molar-refractivity contribution is -0.116. The van der Waals surface area contributed by atoms with E-state index >= 15 is 0 Å². The number of morpholine rings is 1. The molecule has 2 unspecified atom stereocenters. The van der Waals surface area contributed by atoms with Crippen molar-refractivity contribution >= 4 is 17.3 Å². The van der Waals surface area contributed by atoms with Gasteiger partial charge in [0.2, 0.25) is 11.8 Å². The predicted octanol–water partition coefficient (Wildman–Crippen LogP) is 3.21. The van der Waals surface area contributed by atoms with Gasteiger partial charge in [-0.05, 0) is 44.5 Å². The Morgan fingerprint density at radius 2 is 1.89 bits per heavy atom. The molecule has 1 N–H and O–H groups in total. The summed E-state index contributed by atoms with van der Waals surface area (Å²) in [7, 11) is 0. The number of carbonyl (C=O) groups excluding carboxylic acids is 1. The predicted molar refractivity (Wildman–Crippen MR) is 104 cm³/mol. The van der Waals surface area contributed by atoms with E-state index in [4.69, 9.17) is 9.26 Å². The highest BCUT2D eigenvalue weighted by atomic mass is 16.5. The van der Waals surface area contributed by atoms with Crippen LogP contribution in [0.2, 0.25) is 0 Å². The third kappa shape index (κ3) is 5.53. The molecular formula is C20H28N4O3. The first-order chi connectivity index (χ1) is 13.0. The molecule has 0 saturated carbocycles. The van der Waals surface area contributed by atoms with Crippen LogP contribution in [-0.4, -0.2) is 41.3 Å². The monoisotopic (exact) mass is 372 g/mol. The van der Waals surface area contributed by atoms with Crippen LogP contribution < -0.4 is 10.2 Å². The van der Waals surface area contributed by atoms with Crippen molar-refractivity contribution in [3.05, 3.63) is 36.0 Å². The Bertz CT molecular complexity index is 734. The van der Waals surface area contributed by atoms with Gasteiger partial charge in [0.05, 0.1) is 12.2 Å². The van der Waals surface area contributed by atoms with Crippen LogP contribution in [0.15, 0.2) is 28.8 Å². The Balaban J connectivity index is 1.49. The van der Waals surface area contributed by atoms with E-state index in [9.17, 15) is 4.79 Å². The summed E-state index contributed by atoms with van der Waals surface area (Å²) < 4.78 is 10.9. The van der Waals surface area contributed by atoms with Gasteiger partial charge in [-0.1, -0.05) is 12.1 Å². The summed E-state index contributed by atoms with van der Waals surface area (Å²) in [5, 5.41) is 6.82. The Labute approximate surface area is 160 Å². The number of aromatic nitrogens is 2. The molecule has 3 rings (SSSR count). The number of aryl methyl sites for hydroxylation is 2. The number of benzene rings is 1. The fraction of sp³-hybridized carbons (Fsp3) is 0.550. The fourth-order valence-electron chi connectivity index (χ4n) is 3.31. The quantitative estimate of drug-likeness (QED) is 0.804. The highest BCUT2D eigenvalue weighted by Gasteiger charge is 2.22. The van der Waals surface area contributed by atoms with E-state index in [0.29, 0.717) is 24.6 Å². The van der Waals surface area contributed by atoms with Crippen LogP contribution in [-0.2, 0) is 22.4 Å². The van der Waals surface area contributed by atoms with Gasteiger partial charge < -0.3 is 19.5 Å². The van der Waals surface area contributed by atoms with Gasteiger partial charge in [-0.2, -0.15) is 4.98 Å². The minimum Gasteiger partial charge on any atom is -0.372 e. The summed E-state index contributed by atoms with van der Waals surface area (Å²) in [5.41, 5.74) is 1.93. The number of nitrogens with one attached hydrogen (secondary N) is 1. The second-order valence-electron chi connectivity index (χ2n) is 7.11. The second kappa shape index (κ2) is 8.99. The van der Waals surface area contributed by atoms with Crippen molar-refractivity contribution in [3.8, 4) is 0 Å². The highest BCUT2D eigenvalue weighted by molar-refractivity contribution is 5.90. The molecule has 1 saturated heterocycles. The normalized spacial score (nSPS) is 19.9. The van der Waals surface area contributed by atoms with Crippen molar-refractivity contribution in [2.75, 3.05) is 23.3 Å². The maximum absolute atomic E-state index is 12.2. The van der Waals surface area contributed by atoms with Crippen molar-refractivity contribution in [2.24, 2.45) is 0 Å². The maximum atomic E-state index is 12.2. The second-order valence-corrected chi connectivity index (χ2v) is 7.11. The van der Waals surface area contributed by atoms with Gasteiger partial charge in [0, 0.05) is 43.7 Å². The minimum atomic E-state index is -0.0633. The lowest BCUT2D eigenvalue weighted by Gasteiger charge is -2.36. The molecule has 2 aromatic rings. The highest BCUT2D eigenvalue weighted by Crippen LogP contribution is 2.22. The molecule has 0 spiro atoms. The van der Waals surface area contributed by atoms with Gasteiger partial charge in [-0.15, -0.1) is 0 Å². The number of carbonyl (C=O) groups is 1. The SMILES string of the molecule is CCCc1noc(CCC(=O)Nc2ccc(N3CC(C)OC(C)C3)cc2)n1. The minimum absolute atomic E-state index is 0.0633. The van der Waals surface area contributed by atoms with Crippen LogP contribution in [0.1, 0.15) is 45.3 Å². The van der Waals surface area contributed by atoms with Crippen molar-refractivity contribution in [3.63, 3.8) is 0 Å². The number of hydrogen-bond acceptors (Lipinski definition) is 6. The van der Waals surface area contributed by atoms with E-state index in [-0.39, 0.29) is 18.1 Å². The standard InChI is InChI=1S/C20H28N4O3/c1-4-5-18-22-20(27-23-18)11-10-19(25)21-16-6-8-17(9-7-16)24-12-14(2)26-15(3)13-24/h6-9,14-15H,4-5,10-13H2,1-3H3,(H,21,25). The number of amides is 1. The molecule has 0 aliphatic carbocycles. The van der Waals surface area contributed by atoms with Crippen molar-refractivity contribution in [1.82, 2.24) is 10.1 Å². The van der Waals surface area contributed by atoms with Crippen LogP contribution >= 0.6 is 0 Å². The lowest BCUT2D eigenvalue weighted by Crippen LogP contribution is -2.45. The van der Waals surface area contributed by atoms with E-state index in [0.717, 1.165) is 37.3 Å². The van der Waals surface area contributed by atoms with Crippen molar-refractivity contribution in [2.45, 2.75) is 58.7 Å². The summed E-state index contributed by atoms with van der Waals surface area (Å²) >= 11 is 0. The molecule has 0 radical (unpaired) electrons. The first kappa shape index (κ1) is 19.4. The van der Waals surface area contributed by atoms with Crippen LogP contribution in [0.5, 0.6) is 0 Å². The third-order valence-corrected chi connectivity index (χ3v) is 4.49. The number of anilines is 2. The van der Waals surface area contributed by atoms with Crippen LogP contribution in [0.4, 0.5) is 11.4 Å². The molecule has 7 heteroatoms. The molecular weight excluding hydrogens is 344 g/mol. The summed E-state index contributed by atoms with van der Waals surface area (Å²) in [5.74, 6) is 1.15. The molecule has 0 bridgehead atoms. The summed E-state index contributed by atoms with van der Waals surface area (Å²) in [6, 6.07) is 7.94. The zero-order chi connectivity index (χ0) is 19.2. The average Bonchev–Trinajstić information content (AvgIpc) is 3.08. The Morgan fingerprint density at radius 3 is 2.56 bits per heavy atom. The zero-order valence-electron chi connectivity index (χ0n) is 16.3. The molecule has 1 amide bonds. The molecule has 1 aliphatic rings. The van der Waals surface area contributed by atoms with Crippen LogP contribution in [0.3, 0.4) is 0 Å². The number of rotatable bonds is 7. The van der Waals surface area contributed by atoms with E-state index in [2.05, 4.69) is 41.1 Å². The largest absolute Gasteiger partial charge is 0.372 e. The van der Waals surface area contributed by atoms with E-state index in [1.807, 2.05) is 24.3 Å². The van der Waals surface area contributed by atoms with Gasteiger partial charge in [0.25, 0.3) is 0 Å². The maximum Gasteiger partial charge on any atom is 0.227 e. The fourth-order valence-corrected chi connectivity index (χ4v) is 3.31. The molecule has 1 aromatic heterocycles. The average molecular weight is 372 g/mol. The van der Waals surface area contributed by atoms with Gasteiger partial charge >= 0.3 is 0 Å². The van der Waals surface area contributed by atoms with E-state index < -0.39 is 0 Å². The van der Waals surface area contributed by atoms with Gasteiger partial charge in [-0.25, -0.2) is 0 Å². The smallest absolute Gasteiger partial charge is 0.227 e. The molecule has 1 fully saturated rings. The van der Waals surface area contributed by atoms with Crippen molar-refractivity contribution < 1.29 is 14.1 Å². The lowest BCUT2D eigenvalue weighted by atomic mass is 10.2. The van der Waals surface area contributed by atoms with Gasteiger partial charge in [0.1, 0.15) is 0 Å². The third-order valence-electron chi connectivity index (χ3n) is 4.49. The molecule has 146 valence electrons. The first-order valence-corrected chi connectivity index (χ1v) is 9.65. The molecule has 1 aromatic carbocycles. The summed E-state index contributed by atoms with van der Waals surface area (Å²) in [4.78, 5) is 18.8. The topological polar surface area (TPSA) is 80.5 Å². The number of ether oxygens (including phenoxy) is 1. The van der Waals surface area contributed by atoms with Crippen LogP contribution in [0, 0.1) is 0 Å². The Kier molecular flexibility index (Phi) is 6.45. The van der Waals surface area contributed by atoms with Gasteiger partial charge in [-0.3, -0.25) is 4.79 Å². The number of nitrogens with zero attached hydrogens (tertiary/aromatic N) is 3. The summed E-state index contributed by atoms with van der Waals surface area (Å²) in [6.45, 7) is 7.99. The van der Waals surface area contributed by atoms with E-state index in [1.54, 1.807) is 0 Å². The first-order valence-electron chi connectivity index (χ1n) is 9.65.